The van der Waals surface area contributed by atoms with E-state index >= 15 is 0 Å². The van der Waals surface area contributed by atoms with Crippen LogP contribution < -0.4 is 5.56 Å². The molecule has 6 rings (SSSR count). The van der Waals surface area contributed by atoms with Crippen molar-refractivity contribution in [2.45, 2.75) is 38.4 Å². The minimum absolute atomic E-state index is 0.0255. The van der Waals surface area contributed by atoms with Crippen LogP contribution in [0.2, 0.25) is 0 Å². The number of rotatable bonds is 1. The number of aliphatic hydroxyl groups excluding tert-OH is 1. The molecule has 2 aromatic heterocycles. The number of aromatic nitrogens is 2. The van der Waals surface area contributed by atoms with Crippen molar-refractivity contribution in [3.8, 4) is 11.4 Å². The first-order valence-corrected chi connectivity index (χ1v) is 11.0. The molecule has 2 aliphatic rings. The van der Waals surface area contributed by atoms with E-state index in [0.29, 0.717) is 23.4 Å². The molecule has 4 aromatic rings. The lowest BCUT2D eigenvalue weighted by molar-refractivity contribution is -0.236. The van der Waals surface area contributed by atoms with Crippen LogP contribution in [-0.2, 0) is 23.5 Å². The summed E-state index contributed by atoms with van der Waals surface area (Å²) in [5, 5.41) is 24.6. The van der Waals surface area contributed by atoms with Crippen LogP contribution in [0.15, 0.2) is 51.7 Å². The fourth-order valence-corrected chi connectivity index (χ4v) is 5.23. The Bertz CT molecular complexity index is 1480. The Labute approximate surface area is 185 Å². The van der Waals surface area contributed by atoms with Crippen LogP contribution in [0.25, 0.3) is 33.1 Å². The summed E-state index contributed by atoms with van der Waals surface area (Å²) < 4.78 is 8.01. The maximum absolute atomic E-state index is 13.3. The third-order valence-electron chi connectivity index (χ3n) is 6.63. The Morgan fingerprint density at radius 3 is 2.84 bits per heavy atom. The number of fused-ring (bicyclic) bond motifs is 7. The van der Waals surface area contributed by atoms with Gasteiger partial charge in [-0.3, -0.25) is 4.79 Å². The second-order valence-electron chi connectivity index (χ2n) is 8.25. The number of nitrogens with zero attached hydrogens (tertiary/aromatic N) is 2. The summed E-state index contributed by atoms with van der Waals surface area (Å²) in [6, 6.07) is 14.1. The average molecular weight is 479 g/mol. The highest BCUT2D eigenvalue weighted by molar-refractivity contribution is 9.10. The molecule has 0 aliphatic carbocycles. The summed E-state index contributed by atoms with van der Waals surface area (Å²) in [7, 11) is 0. The Morgan fingerprint density at radius 2 is 2.03 bits per heavy atom. The molecule has 7 heteroatoms. The minimum Gasteiger partial charge on any atom is -0.380 e. The monoisotopic (exact) mass is 478 g/mol. The van der Waals surface area contributed by atoms with E-state index in [1.165, 1.54) is 0 Å². The first kappa shape index (κ1) is 19.1. The summed E-state index contributed by atoms with van der Waals surface area (Å²) >= 11 is 3.55. The van der Waals surface area contributed by atoms with Gasteiger partial charge in [-0.1, -0.05) is 35.0 Å². The Kier molecular flexibility index (Phi) is 3.99. The zero-order chi connectivity index (χ0) is 21.5. The highest BCUT2D eigenvalue weighted by Gasteiger charge is 2.44. The number of halogens is 1. The third kappa shape index (κ3) is 2.55. The highest BCUT2D eigenvalue weighted by Crippen LogP contribution is 2.40. The van der Waals surface area contributed by atoms with Crippen LogP contribution in [0.4, 0.5) is 0 Å². The van der Waals surface area contributed by atoms with Crippen molar-refractivity contribution < 1.29 is 14.9 Å². The standard InChI is InChI=1S/C24H19BrN2O4/c1-2-24(30)18-9-20-21-13(10-27(20)22(28)17(18)11-31-23(24)29)7-16-15-8-14(25)5-3-12(15)4-6-19(16)26-21/h3-9,23,29-30H,2,10-11H2,1H3/t23?,24-/m0/s1. The molecule has 0 saturated heterocycles. The van der Waals surface area contributed by atoms with Crippen molar-refractivity contribution in [1.29, 1.82) is 0 Å². The molecule has 0 radical (unpaired) electrons. The van der Waals surface area contributed by atoms with Crippen LogP contribution >= 0.6 is 15.9 Å². The second kappa shape index (κ2) is 6.46. The van der Waals surface area contributed by atoms with Gasteiger partial charge in [0.05, 0.1) is 30.1 Å². The summed E-state index contributed by atoms with van der Waals surface area (Å²) in [5.41, 5.74) is 2.20. The van der Waals surface area contributed by atoms with Crippen LogP contribution in [-0.4, -0.2) is 26.1 Å². The van der Waals surface area contributed by atoms with Gasteiger partial charge in [-0.2, -0.15) is 0 Å². The van der Waals surface area contributed by atoms with Crippen molar-refractivity contribution in [3.63, 3.8) is 0 Å². The van der Waals surface area contributed by atoms with Crippen LogP contribution in [0.3, 0.4) is 0 Å². The van der Waals surface area contributed by atoms with Gasteiger partial charge in [0.15, 0.2) is 6.29 Å². The zero-order valence-corrected chi connectivity index (χ0v) is 18.3. The van der Waals surface area contributed by atoms with E-state index in [1.807, 2.05) is 18.2 Å². The summed E-state index contributed by atoms with van der Waals surface area (Å²) in [6.07, 6.45) is -1.15. The van der Waals surface area contributed by atoms with E-state index in [1.54, 1.807) is 17.6 Å². The molecule has 0 fully saturated rings. The largest absolute Gasteiger partial charge is 0.380 e. The van der Waals surface area contributed by atoms with Gasteiger partial charge in [-0.05, 0) is 47.5 Å². The predicted octanol–water partition coefficient (Wildman–Crippen LogP) is 3.79. The van der Waals surface area contributed by atoms with Crippen molar-refractivity contribution >= 4 is 37.6 Å². The van der Waals surface area contributed by atoms with E-state index in [-0.39, 0.29) is 18.6 Å². The molecule has 2 N–H and O–H groups in total. The molecule has 31 heavy (non-hydrogen) atoms. The first-order chi connectivity index (χ1) is 14.9. The molecule has 2 aromatic carbocycles. The van der Waals surface area contributed by atoms with Crippen molar-refractivity contribution in [1.82, 2.24) is 9.55 Å². The molecule has 1 unspecified atom stereocenters. The summed E-state index contributed by atoms with van der Waals surface area (Å²) in [5.74, 6) is 0. The Morgan fingerprint density at radius 1 is 1.23 bits per heavy atom. The number of pyridine rings is 2. The molecule has 0 amide bonds. The smallest absolute Gasteiger partial charge is 0.257 e. The number of hydrogen-bond donors (Lipinski definition) is 2. The van der Waals surface area contributed by atoms with E-state index < -0.39 is 11.9 Å². The Balaban J connectivity index is 1.63. The lowest BCUT2D eigenvalue weighted by atomic mass is 9.85. The lowest BCUT2D eigenvalue weighted by Gasteiger charge is -2.37. The average Bonchev–Trinajstić information content (AvgIpc) is 3.13. The van der Waals surface area contributed by atoms with E-state index in [0.717, 1.165) is 37.4 Å². The first-order valence-electron chi connectivity index (χ1n) is 10.2. The molecule has 0 saturated carbocycles. The lowest BCUT2D eigenvalue weighted by Crippen LogP contribution is -2.47. The van der Waals surface area contributed by atoms with Gasteiger partial charge < -0.3 is 19.5 Å². The van der Waals surface area contributed by atoms with E-state index in [4.69, 9.17) is 9.72 Å². The SMILES string of the molecule is CC[C@]1(O)c2cc3n(c(=O)c2COC1O)Cc1cc2c(ccc4ccc(Br)cc42)nc1-3. The topological polar surface area (TPSA) is 84.6 Å². The highest BCUT2D eigenvalue weighted by atomic mass is 79.9. The molecule has 2 aliphatic heterocycles. The van der Waals surface area contributed by atoms with Gasteiger partial charge in [-0.25, -0.2) is 4.98 Å². The molecule has 156 valence electrons. The van der Waals surface area contributed by atoms with Crippen LogP contribution in [0.5, 0.6) is 0 Å². The predicted molar refractivity (Wildman–Crippen MR) is 121 cm³/mol. The fourth-order valence-electron chi connectivity index (χ4n) is 4.87. The normalized spacial score (nSPS) is 21.9. The molecule has 4 heterocycles. The van der Waals surface area contributed by atoms with Gasteiger partial charge in [-0.15, -0.1) is 0 Å². The molecule has 6 nitrogen and oxygen atoms in total. The van der Waals surface area contributed by atoms with E-state index in [2.05, 4.69) is 34.1 Å². The third-order valence-corrected chi connectivity index (χ3v) is 7.12. The number of ether oxygens (including phenoxy) is 1. The number of benzene rings is 2. The second-order valence-corrected chi connectivity index (χ2v) is 9.16. The number of aliphatic hydroxyl groups is 2. The quantitative estimate of drug-likeness (QED) is 0.358. The van der Waals surface area contributed by atoms with Crippen molar-refractivity contribution in [3.05, 3.63) is 74.0 Å². The molecular formula is C24H19BrN2O4. The molecule has 0 spiro atoms. The molecular weight excluding hydrogens is 460 g/mol. The summed E-state index contributed by atoms with van der Waals surface area (Å²) in [4.78, 5) is 18.2. The minimum atomic E-state index is -1.62. The Hall–Kier alpha value is -2.58. The van der Waals surface area contributed by atoms with Gasteiger partial charge in [0.25, 0.3) is 5.56 Å². The zero-order valence-electron chi connectivity index (χ0n) is 16.7. The fraction of sp³-hybridized carbons (Fsp3) is 0.250. The van der Waals surface area contributed by atoms with Crippen molar-refractivity contribution in [2.75, 3.05) is 0 Å². The summed E-state index contributed by atoms with van der Waals surface area (Å²) in [6.45, 7) is 2.15. The van der Waals surface area contributed by atoms with Gasteiger partial charge >= 0.3 is 0 Å². The van der Waals surface area contributed by atoms with Crippen LogP contribution in [0, 0.1) is 0 Å². The van der Waals surface area contributed by atoms with Gasteiger partial charge in [0.2, 0.25) is 0 Å². The molecule has 0 bridgehead atoms. The van der Waals surface area contributed by atoms with Gasteiger partial charge in [0, 0.05) is 26.5 Å². The van der Waals surface area contributed by atoms with Crippen LogP contribution in [0.1, 0.15) is 30.0 Å². The van der Waals surface area contributed by atoms with Crippen molar-refractivity contribution in [2.24, 2.45) is 0 Å². The van der Waals surface area contributed by atoms with Gasteiger partial charge in [0.1, 0.15) is 5.60 Å². The molecule has 2 atom stereocenters. The maximum Gasteiger partial charge on any atom is 0.257 e. The maximum atomic E-state index is 13.3. The number of hydrogen-bond acceptors (Lipinski definition) is 5. The van der Waals surface area contributed by atoms with E-state index in [9.17, 15) is 15.0 Å².